The second-order valence-electron chi connectivity index (χ2n) is 5.95. The summed E-state index contributed by atoms with van der Waals surface area (Å²) in [7, 11) is 1.73. The lowest BCUT2D eigenvalue weighted by atomic mass is 9.84. The fourth-order valence-electron chi connectivity index (χ4n) is 3.32. The zero-order valence-corrected chi connectivity index (χ0v) is 11.4. The van der Waals surface area contributed by atoms with Crippen LogP contribution in [0.1, 0.15) is 38.5 Å². The van der Waals surface area contributed by atoms with E-state index in [0.29, 0.717) is 30.2 Å². The molecule has 0 spiro atoms. The van der Waals surface area contributed by atoms with Crippen molar-refractivity contribution in [2.24, 2.45) is 17.6 Å². The highest BCUT2D eigenvalue weighted by atomic mass is 16.5. The number of methoxy groups -OCH3 is 1. The van der Waals surface area contributed by atoms with Crippen LogP contribution in [0, 0.1) is 11.8 Å². The Hall–Kier alpha value is -0.610. The molecule has 1 heterocycles. The predicted octanol–water partition coefficient (Wildman–Crippen LogP) is 1.39. The lowest BCUT2D eigenvalue weighted by molar-refractivity contribution is -0.131. The molecule has 3 atom stereocenters. The van der Waals surface area contributed by atoms with E-state index in [1.807, 2.05) is 4.90 Å². The molecule has 0 aromatic heterocycles. The minimum Gasteiger partial charge on any atom is -0.384 e. The number of carbonyl (C=O) groups is 1. The molecule has 1 saturated heterocycles. The molecular formula is C14H26N2O2. The van der Waals surface area contributed by atoms with Gasteiger partial charge in [0.1, 0.15) is 0 Å². The molecule has 1 aliphatic heterocycles. The molecule has 4 heteroatoms. The Kier molecular flexibility index (Phi) is 5.01. The molecule has 3 unspecified atom stereocenters. The highest BCUT2D eigenvalue weighted by Gasteiger charge is 2.29. The molecule has 2 aliphatic rings. The van der Waals surface area contributed by atoms with Crippen molar-refractivity contribution in [1.82, 2.24) is 4.90 Å². The Morgan fingerprint density at radius 1 is 1.33 bits per heavy atom. The first-order chi connectivity index (χ1) is 8.69. The smallest absolute Gasteiger partial charge is 0.222 e. The standard InChI is InChI=1S/C14H26N2O2/c1-18-10-12-5-6-16(9-12)14(17)8-11-3-2-4-13(15)7-11/h11-13H,2-10,15H2,1H3. The van der Waals surface area contributed by atoms with Crippen LogP contribution in [-0.2, 0) is 9.53 Å². The van der Waals surface area contributed by atoms with Crippen LogP contribution in [0.4, 0.5) is 0 Å². The number of amides is 1. The largest absolute Gasteiger partial charge is 0.384 e. The predicted molar refractivity (Wildman–Crippen MR) is 71.1 cm³/mol. The minimum absolute atomic E-state index is 0.316. The topological polar surface area (TPSA) is 55.6 Å². The second-order valence-corrected chi connectivity index (χ2v) is 5.95. The fourth-order valence-corrected chi connectivity index (χ4v) is 3.32. The van der Waals surface area contributed by atoms with Gasteiger partial charge < -0.3 is 15.4 Å². The highest BCUT2D eigenvalue weighted by Crippen LogP contribution is 2.27. The van der Waals surface area contributed by atoms with Crippen molar-refractivity contribution in [3.8, 4) is 0 Å². The molecule has 4 nitrogen and oxygen atoms in total. The van der Waals surface area contributed by atoms with E-state index in [-0.39, 0.29) is 0 Å². The summed E-state index contributed by atoms with van der Waals surface area (Å²) < 4.78 is 5.16. The van der Waals surface area contributed by atoms with Gasteiger partial charge in [0.2, 0.25) is 5.91 Å². The first-order valence-corrected chi connectivity index (χ1v) is 7.21. The van der Waals surface area contributed by atoms with Crippen molar-refractivity contribution >= 4 is 5.91 Å². The maximum atomic E-state index is 12.2. The van der Waals surface area contributed by atoms with Gasteiger partial charge in [0, 0.05) is 38.6 Å². The van der Waals surface area contributed by atoms with Gasteiger partial charge in [0.25, 0.3) is 0 Å². The van der Waals surface area contributed by atoms with Gasteiger partial charge in [-0.2, -0.15) is 0 Å². The van der Waals surface area contributed by atoms with Gasteiger partial charge in [-0.15, -0.1) is 0 Å². The Morgan fingerprint density at radius 3 is 2.89 bits per heavy atom. The van der Waals surface area contributed by atoms with Gasteiger partial charge in [-0.3, -0.25) is 4.79 Å². The molecule has 1 aliphatic carbocycles. The van der Waals surface area contributed by atoms with Crippen molar-refractivity contribution in [2.45, 2.75) is 44.6 Å². The molecule has 18 heavy (non-hydrogen) atoms. The number of rotatable bonds is 4. The summed E-state index contributed by atoms with van der Waals surface area (Å²) in [5, 5.41) is 0. The van der Waals surface area contributed by atoms with E-state index in [1.165, 1.54) is 12.8 Å². The summed E-state index contributed by atoms with van der Waals surface area (Å²) in [4.78, 5) is 14.2. The molecule has 1 saturated carbocycles. The summed E-state index contributed by atoms with van der Waals surface area (Å²) >= 11 is 0. The summed E-state index contributed by atoms with van der Waals surface area (Å²) in [6.07, 6.45) is 6.31. The zero-order valence-electron chi connectivity index (χ0n) is 11.4. The molecule has 0 radical (unpaired) electrons. The van der Waals surface area contributed by atoms with Crippen molar-refractivity contribution in [3.05, 3.63) is 0 Å². The molecule has 104 valence electrons. The molecule has 0 aromatic carbocycles. The fraction of sp³-hybridized carbons (Fsp3) is 0.929. The number of hydrogen-bond acceptors (Lipinski definition) is 3. The van der Waals surface area contributed by atoms with Gasteiger partial charge in [-0.1, -0.05) is 6.42 Å². The van der Waals surface area contributed by atoms with Crippen molar-refractivity contribution in [2.75, 3.05) is 26.8 Å². The first kappa shape index (κ1) is 13.8. The Morgan fingerprint density at radius 2 is 2.17 bits per heavy atom. The molecular weight excluding hydrogens is 228 g/mol. The number of ether oxygens (including phenoxy) is 1. The molecule has 1 amide bonds. The summed E-state index contributed by atoms with van der Waals surface area (Å²) in [6.45, 7) is 2.56. The van der Waals surface area contributed by atoms with E-state index in [9.17, 15) is 4.79 Å². The van der Waals surface area contributed by atoms with Crippen LogP contribution in [0.25, 0.3) is 0 Å². The number of hydrogen-bond donors (Lipinski definition) is 1. The lowest BCUT2D eigenvalue weighted by Gasteiger charge is -2.27. The van der Waals surface area contributed by atoms with Gasteiger partial charge in [0.15, 0.2) is 0 Å². The van der Waals surface area contributed by atoms with Gasteiger partial charge in [-0.25, -0.2) is 0 Å². The summed E-state index contributed by atoms with van der Waals surface area (Å²) in [5.74, 6) is 1.38. The van der Waals surface area contributed by atoms with Gasteiger partial charge in [-0.05, 0) is 31.6 Å². The van der Waals surface area contributed by atoms with Crippen LogP contribution in [0.3, 0.4) is 0 Å². The average Bonchev–Trinajstić information content (AvgIpc) is 2.78. The van der Waals surface area contributed by atoms with Crippen LogP contribution in [0.2, 0.25) is 0 Å². The quantitative estimate of drug-likeness (QED) is 0.825. The van der Waals surface area contributed by atoms with E-state index < -0.39 is 0 Å². The van der Waals surface area contributed by atoms with Crippen molar-refractivity contribution in [1.29, 1.82) is 0 Å². The van der Waals surface area contributed by atoms with E-state index >= 15 is 0 Å². The third kappa shape index (κ3) is 3.69. The van der Waals surface area contributed by atoms with E-state index in [4.69, 9.17) is 10.5 Å². The Balaban J connectivity index is 1.74. The lowest BCUT2D eigenvalue weighted by Crippen LogP contribution is -2.34. The minimum atomic E-state index is 0.316. The van der Waals surface area contributed by atoms with E-state index in [1.54, 1.807) is 7.11 Å². The van der Waals surface area contributed by atoms with Gasteiger partial charge in [0.05, 0.1) is 6.61 Å². The van der Waals surface area contributed by atoms with Crippen LogP contribution in [0.15, 0.2) is 0 Å². The van der Waals surface area contributed by atoms with Crippen LogP contribution < -0.4 is 5.73 Å². The second kappa shape index (κ2) is 6.53. The molecule has 2 fully saturated rings. The first-order valence-electron chi connectivity index (χ1n) is 7.21. The van der Waals surface area contributed by atoms with Crippen LogP contribution >= 0.6 is 0 Å². The van der Waals surface area contributed by atoms with Crippen LogP contribution in [-0.4, -0.2) is 43.7 Å². The summed E-state index contributed by atoms with van der Waals surface area (Å²) in [6, 6.07) is 0.316. The number of carbonyl (C=O) groups excluding carboxylic acids is 1. The average molecular weight is 254 g/mol. The number of likely N-dealkylation sites (tertiary alicyclic amines) is 1. The third-order valence-electron chi connectivity index (χ3n) is 4.33. The maximum Gasteiger partial charge on any atom is 0.222 e. The summed E-state index contributed by atoms with van der Waals surface area (Å²) in [5.41, 5.74) is 5.97. The number of nitrogens with two attached hydrogens (primary N) is 1. The normalized spacial score (nSPS) is 32.8. The van der Waals surface area contributed by atoms with Crippen LogP contribution in [0.5, 0.6) is 0 Å². The zero-order chi connectivity index (χ0) is 13.0. The van der Waals surface area contributed by atoms with Gasteiger partial charge >= 0.3 is 0 Å². The molecule has 2 N–H and O–H groups in total. The third-order valence-corrected chi connectivity index (χ3v) is 4.33. The van der Waals surface area contributed by atoms with E-state index in [0.717, 1.165) is 39.0 Å². The van der Waals surface area contributed by atoms with Crippen molar-refractivity contribution in [3.63, 3.8) is 0 Å². The number of nitrogens with zero attached hydrogens (tertiary/aromatic N) is 1. The maximum absolute atomic E-state index is 12.2. The molecule has 2 rings (SSSR count). The Bertz CT molecular complexity index is 283. The monoisotopic (exact) mass is 254 g/mol. The Labute approximate surface area is 110 Å². The molecule has 0 aromatic rings. The van der Waals surface area contributed by atoms with E-state index in [2.05, 4.69) is 0 Å². The van der Waals surface area contributed by atoms with Crippen molar-refractivity contribution < 1.29 is 9.53 Å². The highest BCUT2D eigenvalue weighted by molar-refractivity contribution is 5.76. The molecule has 0 bridgehead atoms. The SMILES string of the molecule is COCC1CCN(C(=O)CC2CCCC(N)C2)C1.